The maximum Gasteiger partial charge on any atom is 0.276 e. The first-order chi connectivity index (χ1) is 10.0. The van der Waals surface area contributed by atoms with Gasteiger partial charge in [0.15, 0.2) is 0 Å². The van der Waals surface area contributed by atoms with Crippen LogP contribution in [0.2, 0.25) is 0 Å². The predicted molar refractivity (Wildman–Crippen MR) is 80.4 cm³/mol. The highest BCUT2D eigenvalue weighted by atomic mass is 16.6. The van der Waals surface area contributed by atoms with Gasteiger partial charge in [-0.1, -0.05) is 25.3 Å². The summed E-state index contributed by atoms with van der Waals surface area (Å²) in [6, 6.07) is 5.24. The molecule has 0 aliphatic heterocycles. The van der Waals surface area contributed by atoms with Crippen molar-refractivity contribution in [3.05, 3.63) is 33.9 Å². The summed E-state index contributed by atoms with van der Waals surface area (Å²) in [5.41, 5.74) is 7.08. The van der Waals surface area contributed by atoms with E-state index in [-0.39, 0.29) is 28.2 Å². The van der Waals surface area contributed by atoms with Crippen LogP contribution in [0.3, 0.4) is 0 Å². The fraction of sp³-hybridized carbons (Fsp3) is 0.625. The minimum atomic E-state index is -0.356. The summed E-state index contributed by atoms with van der Waals surface area (Å²) in [4.78, 5) is 10.7. The number of nitro groups is 1. The van der Waals surface area contributed by atoms with Gasteiger partial charge in [0.05, 0.1) is 10.5 Å². The van der Waals surface area contributed by atoms with E-state index in [9.17, 15) is 10.1 Å². The van der Waals surface area contributed by atoms with E-state index in [0.29, 0.717) is 11.3 Å². The number of nitrogens with zero attached hydrogens (tertiary/aromatic N) is 1. The van der Waals surface area contributed by atoms with Crippen molar-refractivity contribution in [3.63, 3.8) is 0 Å². The predicted octanol–water partition coefficient (Wildman–Crippen LogP) is 3.33. The molecule has 1 aromatic rings. The van der Waals surface area contributed by atoms with E-state index in [1.807, 2.05) is 6.07 Å². The Morgan fingerprint density at radius 1 is 1.33 bits per heavy atom. The fourth-order valence-electron chi connectivity index (χ4n) is 3.93. The van der Waals surface area contributed by atoms with Crippen molar-refractivity contribution in [2.24, 2.45) is 11.1 Å². The first-order valence-electron chi connectivity index (χ1n) is 7.71. The van der Waals surface area contributed by atoms with E-state index < -0.39 is 0 Å². The zero-order valence-corrected chi connectivity index (χ0v) is 12.4. The van der Waals surface area contributed by atoms with E-state index in [2.05, 4.69) is 0 Å². The SMILES string of the molecule is Cc1c(OC2CC(N)C23CCCCC3)cccc1[N+](=O)[O-]. The second-order valence-electron chi connectivity index (χ2n) is 6.40. The molecule has 2 aliphatic carbocycles. The molecule has 0 bridgehead atoms. The maximum atomic E-state index is 11.0. The summed E-state index contributed by atoms with van der Waals surface area (Å²) < 4.78 is 6.15. The van der Waals surface area contributed by atoms with Crippen molar-refractivity contribution < 1.29 is 9.66 Å². The lowest BCUT2D eigenvalue weighted by atomic mass is 9.55. The van der Waals surface area contributed by atoms with Crippen LogP contribution in [0.5, 0.6) is 5.75 Å². The van der Waals surface area contributed by atoms with Crippen LogP contribution in [0.1, 0.15) is 44.1 Å². The summed E-state index contributed by atoms with van der Waals surface area (Å²) in [5, 5.41) is 11.0. The minimum absolute atomic E-state index is 0.0926. The second-order valence-corrected chi connectivity index (χ2v) is 6.40. The lowest BCUT2D eigenvalue weighted by Gasteiger charge is -2.56. The van der Waals surface area contributed by atoms with Gasteiger partial charge in [-0.2, -0.15) is 0 Å². The highest BCUT2D eigenvalue weighted by Gasteiger charge is 2.55. The van der Waals surface area contributed by atoms with Crippen molar-refractivity contribution in [1.82, 2.24) is 0 Å². The van der Waals surface area contributed by atoms with E-state index in [4.69, 9.17) is 10.5 Å². The molecular formula is C16H22N2O3. The lowest BCUT2D eigenvalue weighted by Crippen LogP contribution is -2.64. The Kier molecular flexibility index (Phi) is 3.61. The monoisotopic (exact) mass is 290 g/mol. The molecule has 0 heterocycles. The highest BCUT2D eigenvalue weighted by Crippen LogP contribution is 2.52. The zero-order chi connectivity index (χ0) is 15.0. The van der Waals surface area contributed by atoms with Crippen LogP contribution in [-0.2, 0) is 0 Å². The molecule has 114 valence electrons. The normalized spacial score (nSPS) is 27.1. The van der Waals surface area contributed by atoms with E-state index in [1.165, 1.54) is 25.3 Å². The van der Waals surface area contributed by atoms with Gasteiger partial charge >= 0.3 is 0 Å². The van der Waals surface area contributed by atoms with Crippen molar-refractivity contribution >= 4 is 5.69 Å². The maximum absolute atomic E-state index is 11.0. The summed E-state index contributed by atoms with van der Waals surface area (Å²) in [7, 11) is 0. The van der Waals surface area contributed by atoms with Crippen molar-refractivity contribution in [1.29, 1.82) is 0 Å². The van der Waals surface area contributed by atoms with Gasteiger partial charge in [-0.05, 0) is 25.8 Å². The van der Waals surface area contributed by atoms with Crippen molar-refractivity contribution in [3.8, 4) is 5.75 Å². The number of ether oxygens (including phenoxy) is 1. The standard InChI is InChI=1S/C16H22N2O3/c1-11-12(18(19)20)6-5-7-13(11)21-15-10-14(17)16(15)8-3-2-4-9-16/h5-7,14-15H,2-4,8-10,17H2,1H3. The fourth-order valence-corrected chi connectivity index (χ4v) is 3.93. The Morgan fingerprint density at radius 3 is 2.67 bits per heavy atom. The number of benzene rings is 1. The molecule has 0 radical (unpaired) electrons. The Bertz CT molecular complexity index is 552. The summed E-state index contributed by atoms with van der Waals surface area (Å²) in [6.07, 6.45) is 6.88. The number of hydrogen-bond acceptors (Lipinski definition) is 4. The van der Waals surface area contributed by atoms with Crippen molar-refractivity contribution in [2.45, 2.75) is 57.6 Å². The quantitative estimate of drug-likeness (QED) is 0.684. The van der Waals surface area contributed by atoms with Gasteiger partial charge in [-0.3, -0.25) is 10.1 Å². The number of nitrogens with two attached hydrogens (primary N) is 1. The van der Waals surface area contributed by atoms with Gasteiger partial charge in [0, 0.05) is 23.9 Å². The third-order valence-corrected chi connectivity index (χ3v) is 5.35. The Hall–Kier alpha value is -1.62. The van der Waals surface area contributed by atoms with E-state index in [0.717, 1.165) is 19.3 Å². The van der Waals surface area contributed by atoms with Gasteiger partial charge in [0.1, 0.15) is 11.9 Å². The average molecular weight is 290 g/mol. The van der Waals surface area contributed by atoms with Gasteiger partial charge in [-0.25, -0.2) is 0 Å². The van der Waals surface area contributed by atoms with Crippen LogP contribution in [-0.4, -0.2) is 17.1 Å². The summed E-state index contributed by atoms with van der Waals surface area (Å²) in [6.45, 7) is 1.75. The third-order valence-electron chi connectivity index (χ3n) is 5.35. The number of hydrogen-bond donors (Lipinski definition) is 1. The Morgan fingerprint density at radius 2 is 2.05 bits per heavy atom. The summed E-state index contributed by atoms with van der Waals surface area (Å²) in [5.74, 6) is 0.631. The van der Waals surface area contributed by atoms with Crippen LogP contribution in [0.4, 0.5) is 5.69 Å². The molecule has 0 saturated heterocycles. The molecule has 2 aliphatic rings. The molecular weight excluding hydrogens is 268 g/mol. The Labute approximate surface area is 124 Å². The van der Waals surface area contributed by atoms with E-state index in [1.54, 1.807) is 13.0 Å². The van der Waals surface area contributed by atoms with Crippen LogP contribution in [0.25, 0.3) is 0 Å². The molecule has 1 spiro atoms. The molecule has 2 fully saturated rings. The van der Waals surface area contributed by atoms with Gasteiger partial charge in [0.25, 0.3) is 5.69 Å². The molecule has 5 heteroatoms. The van der Waals surface area contributed by atoms with Crippen molar-refractivity contribution in [2.75, 3.05) is 0 Å². The molecule has 21 heavy (non-hydrogen) atoms. The molecule has 0 amide bonds. The molecule has 2 unspecified atom stereocenters. The molecule has 3 rings (SSSR count). The minimum Gasteiger partial charge on any atom is -0.489 e. The van der Waals surface area contributed by atoms with E-state index >= 15 is 0 Å². The van der Waals surface area contributed by atoms with Crippen LogP contribution in [0, 0.1) is 22.5 Å². The zero-order valence-electron chi connectivity index (χ0n) is 12.4. The van der Waals surface area contributed by atoms with Gasteiger partial charge in [-0.15, -0.1) is 0 Å². The molecule has 2 N–H and O–H groups in total. The average Bonchev–Trinajstić information content (AvgIpc) is 2.49. The van der Waals surface area contributed by atoms with Crippen LogP contribution < -0.4 is 10.5 Å². The van der Waals surface area contributed by atoms with Gasteiger partial charge in [0.2, 0.25) is 0 Å². The van der Waals surface area contributed by atoms with Crippen LogP contribution in [0.15, 0.2) is 18.2 Å². The third kappa shape index (κ3) is 2.29. The topological polar surface area (TPSA) is 78.4 Å². The second kappa shape index (κ2) is 5.30. The molecule has 1 aromatic carbocycles. The first kappa shape index (κ1) is 14.3. The van der Waals surface area contributed by atoms with Gasteiger partial charge < -0.3 is 10.5 Å². The number of rotatable bonds is 3. The van der Waals surface area contributed by atoms with Crippen LogP contribution >= 0.6 is 0 Å². The first-order valence-corrected chi connectivity index (χ1v) is 7.71. The Balaban J connectivity index is 1.81. The number of nitro benzene ring substituents is 1. The smallest absolute Gasteiger partial charge is 0.276 e. The molecule has 5 nitrogen and oxygen atoms in total. The molecule has 0 aromatic heterocycles. The molecule has 2 atom stereocenters. The largest absolute Gasteiger partial charge is 0.489 e. The highest BCUT2D eigenvalue weighted by molar-refractivity contribution is 5.48. The molecule has 2 saturated carbocycles. The summed E-state index contributed by atoms with van der Waals surface area (Å²) >= 11 is 0. The lowest BCUT2D eigenvalue weighted by molar-refractivity contribution is -0.385.